The monoisotopic (exact) mass is 400 g/mol. The minimum absolute atomic E-state index is 0.281. The summed E-state index contributed by atoms with van der Waals surface area (Å²) in [6, 6.07) is 8.71. The van der Waals surface area contributed by atoms with Crippen LogP contribution in [0.15, 0.2) is 53.8 Å². The van der Waals surface area contributed by atoms with Crippen molar-refractivity contribution in [1.82, 2.24) is 10.4 Å². The summed E-state index contributed by atoms with van der Waals surface area (Å²) in [5.74, 6) is -0.829. The molecule has 144 valence electrons. The number of nitrogens with one attached hydrogen (secondary N) is 1. The summed E-state index contributed by atoms with van der Waals surface area (Å²) in [6.45, 7) is -0.736. The van der Waals surface area contributed by atoms with Crippen LogP contribution in [0.5, 0.6) is 0 Å². The van der Waals surface area contributed by atoms with E-state index in [1.54, 1.807) is 18.2 Å². The van der Waals surface area contributed by atoms with E-state index in [-0.39, 0.29) is 5.69 Å². The highest BCUT2D eigenvalue weighted by Gasteiger charge is 2.31. The summed E-state index contributed by atoms with van der Waals surface area (Å²) in [5.41, 5.74) is 1.26. The number of aromatic nitrogens is 1. The molecular weight excluding hydrogens is 385 g/mol. The zero-order chi connectivity index (χ0) is 20.1. The van der Waals surface area contributed by atoms with Gasteiger partial charge in [0, 0.05) is 6.20 Å². The fourth-order valence-electron chi connectivity index (χ4n) is 2.03. The zero-order valence-corrected chi connectivity index (χ0v) is 14.8. The molecule has 2 rings (SSSR count). The summed E-state index contributed by atoms with van der Waals surface area (Å²) >= 11 is 0. The van der Waals surface area contributed by atoms with E-state index in [1.165, 1.54) is 18.5 Å². The van der Waals surface area contributed by atoms with Gasteiger partial charge < -0.3 is 0 Å². The van der Waals surface area contributed by atoms with Crippen molar-refractivity contribution in [3.05, 3.63) is 59.9 Å². The lowest BCUT2D eigenvalue weighted by atomic mass is 10.2. The van der Waals surface area contributed by atoms with Gasteiger partial charge in [0.2, 0.25) is 10.0 Å². The Bertz CT molecular complexity index is 931. The Labute approximate surface area is 153 Å². The highest BCUT2D eigenvalue weighted by Crippen LogP contribution is 2.32. The number of hydrogen-bond acceptors (Lipinski definition) is 5. The van der Waals surface area contributed by atoms with Gasteiger partial charge >= 0.3 is 6.18 Å². The van der Waals surface area contributed by atoms with Crippen molar-refractivity contribution in [3.8, 4) is 0 Å². The standard InChI is InChI=1S/C16H15F3N4O3S/c1-27(25,26)23(14-7-4-5-12(9-14)16(17,18)19)11-15(24)22-21-10-13-6-2-3-8-20-13/h2-10H,11H2,1H3,(H,22,24)/b21-10-. The van der Waals surface area contributed by atoms with Crippen LogP contribution in [0.1, 0.15) is 11.3 Å². The van der Waals surface area contributed by atoms with Crippen LogP contribution in [0.4, 0.5) is 18.9 Å². The Morgan fingerprint density at radius 1 is 1.26 bits per heavy atom. The number of carbonyl (C=O) groups is 1. The third-order valence-electron chi connectivity index (χ3n) is 3.22. The maximum atomic E-state index is 12.8. The summed E-state index contributed by atoms with van der Waals surface area (Å²) in [5, 5.41) is 3.64. The number of benzene rings is 1. The minimum Gasteiger partial charge on any atom is -0.271 e. The van der Waals surface area contributed by atoms with Crippen molar-refractivity contribution in [2.75, 3.05) is 17.1 Å². The second-order valence-electron chi connectivity index (χ2n) is 5.37. The molecule has 1 amide bonds. The van der Waals surface area contributed by atoms with Crippen LogP contribution in [0.3, 0.4) is 0 Å². The topological polar surface area (TPSA) is 91.7 Å². The quantitative estimate of drug-likeness (QED) is 0.593. The lowest BCUT2D eigenvalue weighted by Gasteiger charge is -2.22. The number of halogens is 3. The molecule has 27 heavy (non-hydrogen) atoms. The van der Waals surface area contributed by atoms with E-state index in [1.807, 2.05) is 0 Å². The third kappa shape index (κ3) is 6.06. The van der Waals surface area contributed by atoms with Crippen molar-refractivity contribution in [2.24, 2.45) is 5.10 Å². The Hall–Kier alpha value is -2.95. The number of rotatable bonds is 6. The van der Waals surface area contributed by atoms with E-state index in [0.717, 1.165) is 18.4 Å². The van der Waals surface area contributed by atoms with Gasteiger partial charge in [-0.05, 0) is 30.3 Å². The summed E-state index contributed by atoms with van der Waals surface area (Å²) in [6.07, 6.45) is -1.10. The van der Waals surface area contributed by atoms with Crippen molar-refractivity contribution in [3.63, 3.8) is 0 Å². The van der Waals surface area contributed by atoms with Crippen LogP contribution in [0.2, 0.25) is 0 Å². The van der Waals surface area contributed by atoms with Gasteiger partial charge in [-0.15, -0.1) is 0 Å². The van der Waals surface area contributed by atoms with Crippen LogP contribution in [0, 0.1) is 0 Å². The number of carbonyl (C=O) groups excluding carboxylic acids is 1. The molecule has 0 radical (unpaired) electrons. The first-order valence-corrected chi connectivity index (χ1v) is 9.30. The Morgan fingerprint density at radius 3 is 2.59 bits per heavy atom. The first kappa shape index (κ1) is 20.4. The zero-order valence-electron chi connectivity index (χ0n) is 14.0. The van der Waals surface area contributed by atoms with E-state index in [9.17, 15) is 26.4 Å². The molecule has 0 aliphatic carbocycles. The van der Waals surface area contributed by atoms with Crippen molar-refractivity contribution < 1.29 is 26.4 Å². The number of amides is 1. The highest BCUT2D eigenvalue weighted by molar-refractivity contribution is 7.92. The smallest absolute Gasteiger partial charge is 0.271 e. The Balaban J connectivity index is 2.16. The van der Waals surface area contributed by atoms with Gasteiger partial charge in [-0.3, -0.25) is 14.1 Å². The summed E-state index contributed by atoms with van der Waals surface area (Å²) in [7, 11) is -4.01. The van der Waals surface area contributed by atoms with Gasteiger partial charge in [-0.1, -0.05) is 12.1 Å². The first-order valence-electron chi connectivity index (χ1n) is 7.45. The molecule has 0 aliphatic heterocycles. The molecule has 0 saturated carbocycles. The molecule has 11 heteroatoms. The predicted molar refractivity (Wildman–Crippen MR) is 93.6 cm³/mol. The molecule has 1 N–H and O–H groups in total. The molecule has 0 spiro atoms. The number of hydrogen-bond donors (Lipinski definition) is 1. The number of pyridine rings is 1. The van der Waals surface area contributed by atoms with Gasteiger partial charge in [0.1, 0.15) is 6.54 Å². The van der Waals surface area contributed by atoms with Gasteiger partial charge in [-0.2, -0.15) is 18.3 Å². The largest absolute Gasteiger partial charge is 0.416 e. The lowest BCUT2D eigenvalue weighted by Crippen LogP contribution is -2.39. The van der Waals surface area contributed by atoms with E-state index < -0.39 is 34.2 Å². The van der Waals surface area contributed by atoms with E-state index in [2.05, 4.69) is 15.5 Å². The number of nitrogens with zero attached hydrogens (tertiary/aromatic N) is 3. The second-order valence-corrected chi connectivity index (χ2v) is 7.27. The average molecular weight is 400 g/mol. The molecule has 2 aromatic rings. The molecular formula is C16H15F3N4O3S. The molecule has 0 fully saturated rings. The average Bonchev–Trinajstić information content (AvgIpc) is 2.59. The van der Waals surface area contributed by atoms with Crippen molar-refractivity contribution in [2.45, 2.75) is 6.18 Å². The molecule has 0 aliphatic rings. The third-order valence-corrected chi connectivity index (χ3v) is 4.36. The van der Waals surface area contributed by atoms with Gasteiger partial charge in [0.15, 0.2) is 0 Å². The number of alkyl halides is 3. The molecule has 1 aromatic heterocycles. The Kier molecular flexibility index (Phi) is 6.16. The molecule has 1 heterocycles. The predicted octanol–water partition coefficient (Wildman–Crippen LogP) is 2.02. The molecule has 1 aromatic carbocycles. The number of hydrazone groups is 1. The normalized spacial score (nSPS) is 12.1. The SMILES string of the molecule is CS(=O)(=O)N(CC(=O)N/N=C\c1ccccn1)c1cccc(C(F)(F)F)c1. The fraction of sp³-hybridized carbons (Fsp3) is 0.188. The van der Waals surface area contributed by atoms with Gasteiger partial charge in [0.05, 0.1) is 29.4 Å². The maximum Gasteiger partial charge on any atom is 0.416 e. The Morgan fingerprint density at radius 2 is 2.00 bits per heavy atom. The van der Waals surface area contributed by atoms with Crippen LogP contribution < -0.4 is 9.73 Å². The lowest BCUT2D eigenvalue weighted by molar-refractivity contribution is -0.137. The number of anilines is 1. The highest BCUT2D eigenvalue weighted by atomic mass is 32.2. The molecule has 0 atom stereocenters. The van der Waals surface area contributed by atoms with E-state index in [4.69, 9.17) is 0 Å². The summed E-state index contributed by atoms with van der Waals surface area (Å²) < 4.78 is 63.0. The van der Waals surface area contributed by atoms with Crippen molar-refractivity contribution in [1.29, 1.82) is 0 Å². The van der Waals surface area contributed by atoms with E-state index in [0.29, 0.717) is 16.1 Å². The second kappa shape index (κ2) is 8.16. The molecule has 7 nitrogen and oxygen atoms in total. The van der Waals surface area contributed by atoms with Crippen LogP contribution in [0.25, 0.3) is 0 Å². The summed E-state index contributed by atoms with van der Waals surface area (Å²) in [4.78, 5) is 15.9. The molecule has 0 bridgehead atoms. The van der Waals surface area contributed by atoms with Crippen LogP contribution in [-0.4, -0.2) is 38.3 Å². The maximum absolute atomic E-state index is 12.8. The van der Waals surface area contributed by atoms with Crippen LogP contribution >= 0.6 is 0 Å². The molecule has 0 saturated heterocycles. The first-order chi connectivity index (χ1) is 12.6. The van der Waals surface area contributed by atoms with E-state index >= 15 is 0 Å². The number of sulfonamides is 1. The minimum atomic E-state index is -4.64. The molecule has 0 unspecified atom stereocenters. The van der Waals surface area contributed by atoms with Crippen LogP contribution in [-0.2, 0) is 21.0 Å². The fourth-order valence-corrected chi connectivity index (χ4v) is 2.87. The van der Waals surface area contributed by atoms with Crippen molar-refractivity contribution >= 4 is 27.8 Å². The van der Waals surface area contributed by atoms with Gasteiger partial charge in [-0.25, -0.2) is 13.8 Å². The van der Waals surface area contributed by atoms with Gasteiger partial charge in [0.25, 0.3) is 5.91 Å².